The van der Waals surface area contributed by atoms with E-state index < -0.39 is 0 Å². The van der Waals surface area contributed by atoms with E-state index in [4.69, 9.17) is 23.2 Å². The minimum absolute atomic E-state index is 0.0246. The summed E-state index contributed by atoms with van der Waals surface area (Å²) in [4.78, 5) is 16.6. The highest BCUT2D eigenvalue weighted by Crippen LogP contribution is 2.26. The Bertz CT molecular complexity index is 715. The van der Waals surface area contributed by atoms with Gasteiger partial charge in [0, 0.05) is 36.9 Å². The largest absolute Gasteiger partial charge is 0.368 e. The van der Waals surface area contributed by atoms with Gasteiger partial charge in [0.25, 0.3) is 0 Å². The minimum atomic E-state index is -0.0246. The number of carbonyl (C=O) groups is 1. The number of amides is 1. The third-order valence-corrected chi connectivity index (χ3v) is 4.60. The van der Waals surface area contributed by atoms with Gasteiger partial charge in [-0.1, -0.05) is 41.4 Å². The first-order valence-corrected chi connectivity index (χ1v) is 8.65. The lowest BCUT2D eigenvalue weighted by Crippen LogP contribution is -2.48. The van der Waals surface area contributed by atoms with E-state index in [2.05, 4.69) is 15.1 Å². The van der Waals surface area contributed by atoms with Crippen molar-refractivity contribution in [1.29, 1.82) is 0 Å². The van der Waals surface area contributed by atoms with Gasteiger partial charge < -0.3 is 10.2 Å². The Morgan fingerprint density at radius 1 is 1.00 bits per heavy atom. The summed E-state index contributed by atoms with van der Waals surface area (Å²) in [5, 5.41) is 4.26. The monoisotopic (exact) mass is 363 g/mol. The highest BCUT2D eigenvalue weighted by molar-refractivity contribution is 6.33. The number of halogens is 2. The van der Waals surface area contributed by atoms with Gasteiger partial charge in [-0.05, 0) is 30.3 Å². The summed E-state index contributed by atoms with van der Waals surface area (Å²) >= 11 is 12.2. The predicted molar refractivity (Wildman–Crippen MR) is 100 cm³/mol. The smallest absolute Gasteiger partial charge is 0.238 e. The molecule has 2 aromatic carbocycles. The van der Waals surface area contributed by atoms with Gasteiger partial charge in [-0.15, -0.1) is 0 Å². The maximum Gasteiger partial charge on any atom is 0.238 e. The number of anilines is 2. The Hall–Kier alpha value is -1.75. The summed E-state index contributed by atoms with van der Waals surface area (Å²) < 4.78 is 0. The van der Waals surface area contributed by atoms with E-state index in [9.17, 15) is 4.79 Å². The normalized spacial score (nSPS) is 15.3. The highest BCUT2D eigenvalue weighted by atomic mass is 35.5. The number of nitrogens with one attached hydrogen (secondary N) is 1. The molecule has 0 bridgehead atoms. The molecule has 1 fully saturated rings. The lowest BCUT2D eigenvalue weighted by Gasteiger charge is -2.36. The van der Waals surface area contributed by atoms with Crippen molar-refractivity contribution in [2.75, 3.05) is 42.9 Å². The van der Waals surface area contributed by atoms with Crippen molar-refractivity contribution >= 4 is 40.5 Å². The molecule has 0 radical (unpaired) electrons. The molecule has 0 aromatic heterocycles. The van der Waals surface area contributed by atoms with Crippen molar-refractivity contribution in [2.45, 2.75) is 0 Å². The Morgan fingerprint density at radius 2 is 1.75 bits per heavy atom. The van der Waals surface area contributed by atoms with Crippen LogP contribution in [0.25, 0.3) is 0 Å². The average Bonchev–Trinajstić information content (AvgIpc) is 2.56. The van der Waals surface area contributed by atoms with E-state index in [1.54, 1.807) is 12.1 Å². The molecule has 3 rings (SSSR count). The van der Waals surface area contributed by atoms with Crippen LogP contribution in [-0.2, 0) is 4.79 Å². The highest BCUT2D eigenvalue weighted by Gasteiger charge is 2.20. The fourth-order valence-corrected chi connectivity index (χ4v) is 3.27. The van der Waals surface area contributed by atoms with Gasteiger partial charge in [0.05, 0.1) is 17.3 Å². The van der Waals surface area contributed by atoms with E-state index in [-0.39, 0.29) is 5.91 Å². The van der Waals surface area contributed by atoms with Gasteiger partial charge in [0.1, 0.15) is 0 Å². The van der Waals surface area contributed by atoms with E-state index in [1.807, 2.05) is 36.4 Å². The molecule has 2 aromatic rings. The summed E-state index contributed by atoms with van der Waals surface area (Å²) in [5.41, 5.74) is 1.78. The van der Waals surface area contributed by atoms with Gasteiger partial charge in [0.15, 0.2) is 0 Å². The van der Waals surface area contributed by atoms with Gasteiger partial charge in [-0.25, -0.2) is 0 Å². The summed E-state index contributed by atoms with van der Waals surface area (Å²) in [6, 6.07) is 15.0. The Kier molecular flexibility index (Phi) is 5.61. The van der Waals surface area contributed by atoms with Crippen LogP contribution in [0.2, 0.25) is 10.0 Å². The maximum atomic E-state index is 12.2. The topological polar surface area (TPSA) is 35.6 Å². The molecule has 0 atom stereocenters. The fourth-order valence-electron chi connectivity index (χ4n) is 2.82. The SMILES string of the molecule is O=C(CN1CCN(c2ccccc2Cl)CC1)Nc1cccc(Cl)c1. The van der Waals surface area contributed by atoms with Crippen molar-refractivity contribution in [3.8, 4) is 0 Å². The molecule has 1 aliphatic heterocycles. The van der Waals surface area contributed by atoms with Crippen LogP contribution >= 0.6 is 23.2 Å². The van der Waals surface area contributed by atoms with Crippen LogP contribution in [0.3, 0.4) is 0 Å². The van der Waals surface area contributed by atoms with E-state index in [1.165, 1.54) is 0 Å². The van der Waals surface area contributed by atoms with Gasteiger partial charge >= 0.3 is 0 Å². The van der Waals surface area contributed by atoms with Crippen molar-refractivity contribution < 1.29 is 4.79 Å². The fraction of sp³-hybridized carbons (Fsp3) is 0.278. The number of para-hydroxylation sites is 1. The van der Waals surface area contributed by atoms with Crippen molar-refractivity contribution in [3.05, 3.63) is 58.6 Å². The molecule has 126 valence electrons. The van der Waals surface area contributed by atoms with Crippen LogP contribution in [0, 0.1) is 0 Å². The second-order valence-corrected chi connectivity index (χ2v) is 6.62. The molecule has 1 aliphatic rings. The van der Waals surface area contributed by atoms with Crippen LogP contribution in [0.4, 0.5) is 11.4 Å². The van der Waals surface area contributed by atoms with Crippen molar-refractivity contribution in [3.63, 3.8) is 0 Å². The second kappa shape index (κ2) is 7.88. The third kappa shape index (κ3) is 4.41. The van der Waals surface area contributed by atoms with E-state index in [0.29, 0.717) is 11.6 Å². The molecule has 6 heteroatoms. The molecule has 1 N–H and O–H groups in total. The maximum absolute atomic E-state index is 12.2. The Morgan fingerprint density at radius 3 is 2.46 bits per heavy atom. The van der Waals surface area contributed by atoms with E-state index in [0.717, 1.165) is 42.6 Å². The van der Waals surface area contributed by atoms with E-state index >= 15 is 0 Å². The zero-order valence-corrected chi connectivity index (χ0v) is 14.7. The summed E-state index contributed by atoms with van der Waals surface area (Å²) in [7, 11) is 0. The number of hydrogen-bond acceptors (Lipinski definition) is 3. The van der Waals surface area contributed by atoms with Gasteiger partial charge in [0.2, 0.25) is 5.91 Å². The third-order valence-electron chi connectivity index (χ3n) is 4.04. The molecular weight excluding hydrogens is 345 g/mol. The quantitative estimate of drug-likeness (QED) is 0.898. The van der Waals surface area contributed by atoms with Crippen LogP contribution in [0.1, 0.15) is 0 Å². The first kappa shape index (κ1) is 17.1. The standard InChI is InChI=1S/C18H19Cl2N3O/c19-14-4-3-5-15(12-14)21-18(24)13-22-8-10-23(11-9-22)17-7-2-1-6-16(17)20/h1-7,12H,8-11,13H2,(H,21,24). The number of hydrogen-bond donors (Lipinski definition) is 1. The number of carbonyl (C=O) groups excluding carboxylic acids is 1. The van der Waals surface area contributed by atoms with Crippen LogP contribution in [0.15, 0.2) is 48.5 Å². The summed E-state index contributed by atoms with van der Waals surface area (Å²) in [6.45, 7) is 3.74. The molecule has 0 aliphatic carbocycles. The van der Waals surface area contributed by atoms with Gasteiger partial charge in [-0.3, -0.25) is 9.69 Å². The lowest BCUT2D eigenvalue weighted by atomic mass is 10.2. The molecule has 0 spiro atoms. The summed E-state index contributed by atoms with van der Waals surface area (Å²) in [6.07, 6.45) is 0. The van der Waals surface area contributed by atoms with Crippen LogP contribution in [0.5, 0.6) is 0 Å². The Labute approximate surface area is 152 Å². The molecule has 4 nitrogen and oxygen atoms in total. The molecule has 0 saturated carbocycles. The molecule has 0 unspecified atom stereocenters. The number of benzene rings is 2. The van der Waals surface area contributed by atoms with Crippen molar-refractivity contribution in [2.24, 2.45) is 0 Å². The molecular formula is C18H19Cl2N3O. The molecule has 1 heterocycles. The van der Waals surface area contributed by atoms with Gasteiger partial charge in [-0.2, -0.15) is 0 Å². The zero-order valence-electron chi connectivity index (χ0n) is 13.2. The van der Waals surface area contributed by atoms with Crippen LogP contribution in [-0.4, -0.2) is 43.5 Å². The minimum Gasteiger partial charge on any atom is -0.368 e. The number of piperazine rings is 1. The predicted octanol–water partition coefficient (Wildman–Crippen LogP) is 3.75. The summed E-state index contributed by atoms with van der Waals surface area (Å²) in [5.74, 6) is -0.0246. The second-order valence-electron chi connectivity index (χ2n) is 5.77. The average molecular weight is 364 g/mol. The van der Waals surface area contributed by atoms with Crippen LogP contribution < -0.4 is 10.2 Å². The van der Waals surface area contributed by atoms with Crippen molar-refractivity contribution in [1.82, 2.24) is 4.90 Å². The molecule has 24 heavy (non-hydrogen) atoms. The molecule has 1 amide bonds. The Balaban J connectivity index is 1.50. The number of rotatable bonds is 4. The first-order chi connectivity index (χ1) is 11.6. The number of nitrogens with zero attached hydrogens (tertiary/aromatic N) is 2. The zero-order chi connectivity index (χ0) is 16.9. The first-order valence-electron chi connectivity index (χ1n) is 7.89. The molecule has 1 saturated heterocycles. The lowest BCUT2D eigenvalue weighted by molar-refractivity contribution is -0.117.